The molecular weight excluding hydrogens is 246 g/mol. The van der Waals surface area contributed by atoms with Crippen molar-refractivity contribution in [3.8, 4) is 0 Å². The van der Waals surface area contributed by atoms with E-state index in [1.54, 1.807) is 0 Å². The van der Waals surface area contributed by atoms with Crippen LogP contribution in [0, 0.1) is 12.8 Å². The third-order valence-corrected chi connectivity index (χ3v) is 5.84. The van der Waals surface area contributed by atoms with E-state index in [0.717, 1.165) is 37.4 Å². The molecular formula is C14H23NO2S. The van der Waals surface area contributed by atoms with Gasteiger partial charge in [0.1, 0.15) is 0 Å². The summed E-state index contributed by atoms with van der Waals surface area (Å²) in [6.45, 7) is 5.78. The van der Waals surface area contributed by atoms with Gasteiger partial charge in [-0.05, 0) is 37.8 Å². The number of hydrogen-bond acceptors (Lipinski definition) is 3. The lowest BCUT2D eigenvalue weighted by Gasteiger charge is -2.46. The first-order valence-corrected chi connectivity index (χ1v) is 8.14. The Morgan fingerprint density at radius 3 is 2.22 bits per heavy atom. The van der Waals surface area contributed by atoms with E-state index < -0.39 is 10.8 Å². The summed E-state index contributed by atoms with van der Waals surface area (Å²) in [5, 5.41) is 0. The summed E-state index contributed by atoms with van der Waals surface area (Å²) in [6.07, 6.45) is 3.33. The van der Waals surface area contributed by atoms with Gasteiger partial charge in [-0.15, -0.1) is 10.8 Å². The number of rotatable bonds is 3. The molecule has 0 amide bonds. The lowest BCUT2D eigenvalue weighted by atomic mass is 9.96. The highest BCUT2D eigenvalue weighted by Gasteiger charge is 2.29. The van der Waals surface area contributed by atoms with Crippen molar-refractivity contribution in [3.63, 3.8) is 0 Å². The molecule has 1 aromatic carbocycles. The number of piperidine rings is 1. The zero-order valence-electron chi connectivity index (χ0n) is 11.2. The van der Waals surface area contributed by atoms with Crippen molar-refractivity contribution in [3.05, 3.63) is 29.8 Å². The second kappa shape index (κ2) is 5.61. The van der Waals surface area contributed by atoms with Crippen molar-refractivity contribution in [1.29, 1.82) is 0 Å². The van der Waals surface area contributed by atoms with Crippen molar-refractivity contribution in [2.24, 2.45) is 5.92 Å². The van der Waals surface area contributed by atoms with E-state index in [2.05, 4.69) is 6.92 Å². The molecule has 2 N–H and O–H groups in total. The first-order valence-electron chi connectivity index (χ1n) is 6.64. The van der Waals surface area contributed by atoms with Crippen LogP contribution in [-0.4, -0.2) is 26.5 Å². The van der Waals surface area contributed by atoms with E-state index in [1.165, 1.54) is 6.42 Å². The molecule has 0 atom stereocenters. The molecule has 1 saturated heterocycles. The first kappa shape index (κ1) is 13.9. The molecule has 4 heteroatoms. The summed E-state index contributed by atoms with van der Waals surface area (Å²) in [7, 11) is -2.78. The normalized spacial score (nSPS) is 20.0. The SMILES string of the molecule is CCC1CCN(S(O)(O)c2ccc(C)cc2)CC1. The predicted octanol–water partition coefficient (Wildman–Crippen LogP) is 4.14. The Labute approximate surface area is 111 Å². The number of hydrogen-bond donors (Lipinski definition) is 2. The molecule has 1 aliphatic rings. The van der Waals surface area contributed by atoms with Crippen molar-refractivity contribution in [1.82, 2.24) is 4.31 Å². The number of nitrogens with zero attached hydrogens (tertiary/aromatic N) is 1. The standard InChI is InChI=1S/C14H23NO2S/c1-3-13-8-10-15(11-9-13)18(16,17)14-6-4-12(2)5-7-14/h4-7,13,16-17H,3,8-11H2,1-2H3. The fourth-order valence-corrected chi connectivity index (χ4v) is 3.96. The van der Waals surface area contributed by atoms with Gasteiger partial charge in [0.15, 0.2) is 0 Å². The average Bonchev–Trinajstić information content (AvgIpc) is 2.39. The van der Waals surface area contributed by atoms with Gasteiger partial charge in [0.25, 0.3) is 0 Å². The number of aryl methyl sites for hydroxylation is 1. The van der Waals surface area contributed by atoms with Gasteiger partial charge in [0.2, 0.25) is 0 Å². The fourth-order valence-electron chi connectivity index (χ4n) is 2.44. The van der Waals surface area contributed by atoms with Crippen LogP contribution >= 0.6 is 10.8 Å². The third kappa shape index (κ3) is 2.88. The molecule has 0 spiro atoms. The van der Waals surface area contributed by atoms with Crippen LogP contribution in [0.25, 0.3) is 0 Å². The van der Waals surface area contributed by atoms with Crippen LogP contribution in [0.5, 0.6) is 0 Å². The van der Waals surface area contributed by atoms with E-state index in [4.69, 9.17) is 0 Å². The summed E-state index contributed by atoms with van der Waals surface area (Å²) < 4.78 is 22.7. The largest absolute Gasteiger partial charge is 0.281 e. The molecule has 0 bridgehead atoms. The van der Waals surface area contributed by atoms with Gasteiger partial charge in [-0.3, -0.25) is 9.11 Å². The molecule has 0 unspecified atom stereocenters. The highest BCUT2D eigenvalue weighted by Crippen LogP contribution is 2.52. The Balaban J connectivity index is 2.09. The van der Waals surface area contributed by atoms with Crippen LogP contribution in [0.15, 0.2) is 29.2 Å². The Kier molecular flexibility index (Phi) is 4.33. The Morgan fingerprint density at radius 1 is 1.17 bits per heavy atom. The Hall–Kier alpha value is -0.550. The molecule has 2 rings (SSSR count). The summed E-state index contributed by atoms with van der Waals surface area (Å²) >= 11 is 0. The quantitative estimate of drug-likeness (QED) is 0.866. The lowest BCUT2D eigenvalue weighted by Crippen LogP contribution is -2.35. The monoisotopic (exact) mass is 269 g/mol. The van der Waals surface area contributed by atoms with Gasteiger partial charge in [-0.25, -0.2) is 4.31 Å². The lowest BCUT2D eigenvalue weighted by molar-refractivity contribution is 0.247. The molecule has 1 heterocycles. The van der Waals surface area contributed by atoms with E-state index in [1.807, 2.05) is 35.5 Å². The van der Waals surface area contributed by atoms with Gasteiger partial charge in [0.05, 0.1) is 4.90 Å². The highest BCUT2D eigenvalue weighted by molar-refractivity contribution is 8.22. The van der Waals surface area contributed by atoms with E-state index >= 15 is 0 Å². The second-order valence-electron chi connectivity index (χ2n) is 5.11. The molecule has 0 saturated carbocycles. The maximum atomic E-state index is 10.4. The van der Waals surface area contributed by atoms with E-state index in [-0.39, 0.29) is 0 Å². The molecule has 0 radical (unpaired) electrons. The minimum absolute atomic E-state index is 0.642. The molecule has 1 fully saturated rings. The summed E-state index contributed by atoms with van der Waals surface area (Å²) in [6, 6.07) is 7.53. The van der Waals surface area contributed by atoms with Gasteiger partial charge < -0.3 is 0 Å². The molecule has 18 heavy (non-hydrogen) atoms. The third-order valence-electron chi connectivity index (χ3n) is 3.85. The molecule has 1 aliphatic heterocycles. The van der Waals surface area contributed by atoms with Crippen LogP contribution < -0.4 is 0 Å². The van der Waals surface area contributed by atoms with Crippen molar-refractivity contribution < 1.29 is 9.11 Å². The molecule has 0 aromatic heterocycles. The van der Waals surface area contributed by atoms with Crippen LogP contribution in [0.4, 0.5) is 0 Å². The van der Waals surface area contributed by atoms with Crippen molar-refractivity contribution in [2.75, 3.05) is 13.1 Å². The van der Waals surface area contributed by atoms with Gasteiger partial charge in [0, 0.05) is 13.1 Å². The molecule has 3 nitrogen and oxygen atoms in total. The summed E-state index contributed by atoms with van der Waals surface area (Å²) in [4.78, 5) is 0.642. The molecule has 102 valence electrons. The van der Waals surface area contributed by atoms with Gasteiger partial charge in [-0.2, -0.15) is 0 Å². The van der Waals surface area contributed by atoms with E-state index in [0.29, 0.717) is 4.90 Å². The number of benzene rings is 1. The molecule has 0 aliphatic carbocycles. The predicted molar refractivity (Wildman–Crippen MR) is 76.9 cm³/mol. The van der Waals surface area contributed by atoms with Gasteiger partial charge >= 0.3 is 0 Å². The topological polar surface area (TPSA) is 43.7 Å². The second-order valence-corrected chi connectivity index (χ2v) is 7.14. The van der Waals surface area contributed by atoms with Crippen molar-refractivity contribution in [2.45, 2.75) is 38.0 Å². The summed E-state index contributed by atoms with van der Waals surface area (Å²) in [5.41, 5.74) is 1.14. The smallest absolute Gasteiger partial charge is 0.0752 e. The van der Waals surface area contributed by atoms with Gasteiger partial charge in [-0.1, -0.05) is 31.0 Å². The summed E-state index contributed by atoms with van der Waals surface area (Å²) in [5.74, 6) is 0.745. The Morgan fingerprint density at radius 2 is 1.72 bits per heavy atom. The maximum absolute atomic E-state index is 10.4. The van der Waals surface area contributed by atoms with Crippen LogP contribution in [-0.2, 0) is 0 Å². The molecule has 1 aromatic rings. The minimum atomic E-state index is -2.78. The fraction of sp³-hybridized carbons (Fsp3) is 0.571. The van der Waals surface area contributed by atoms with Crippen LogP contribution in [0.3, 0.4) is 0 Å². The van der Waals surface area contributed by atoms with Crippen LogP contribution in [0.2, 0.25) is 0 Å². The van der Waals surface area contributed by atoms with Crippen molar-refractivity contribution >= 4 is 10.8 Å². The highest BCUT2D eigenvalue weighted by atomic mass is 32.3. The Bertz CT molecular complexity index is 383. The zero-order valence-corrected chi connectivity index (χ0v) is 12.0. The first-order chi connectivity index (χ1) is 8.54. The zero-order chi connectivity index (χ0) is 13.2. The minimum Gasteiger partial charge on any atom is -0.281 e. The average molecular weight is 269 g/mol. The van der Waals surface area contributed by atoms with Crippen LogP contribution in [0.1, 0.15) is 31.7 Å². The maximum Gasteiger partial charge on any atom is 0.0752 e. The van der Waals surface area contributed by atoms with E-state index in [9.17, 15) is 9.11 Å².